The number of nitrogens with one attached hydrogen (secondary N) is 1. The number of anilines is 1. The fourth-order valence-corrected chi connectivity index (χ4v) is 4.27. The van der Waals surface area contributed by atoms with Gasteiger partial charge in [0.05, 0.1) is 41.5 Å². The van der Waals surface area contributed by atoms with E-state index in [2.05, 4.69) is 42.8 Å². The van der Waals surface area contributed by atoms with Gasteiger partial charge in [-0.3, -0.25) is 5.10 Å². The number of aryl methyl sites for hydroxylation is 1. The molecule has 5 heterocycles. The fraction of sp³-hybridized carbons (Fsp3) is 0.353. The Morgan fingerprint density at radius 3 is 3.04 bits per heavy atom. The van der Waals surface area contributed by atoms with Crippen LogP contribution in [0.5, 0.6) is 0 Å². The summed E-state index contributed by atoms with van der Waals surface area (Å²) in [7, 11) is 1.89. The molecule has 1 fully saturated rings. The highest BCUT2D eigenvalue weighted by molar-refractivity contribution is 7.14. The summed E-state index contributed by atoms with van der Waals surface area (Å²) >= 11 is 1.43. The van der Waals surface area contributed by atoms with Crippen molar-refractivity contribution in [3.05, 3.63) is 24.5 Å². The van der Waals surface area contributed by atoms with Crippen LogP contribution in [0.25, 0.3) is 32.9 Å². The third-order valence-electron chi connectivity index (χ3n) is 4.82. The second kappa shape index (κ2) is 6.39. The van der Waals surface area contributed by atoms with Crippen LogP contribution in [0.15, 0.2) is 24.5 Å². The lowest BCUT2D eigenvalue weighted by atomic mass is 10.1. The van der Waals surface area contributed by atoms with Crippen molar-refractivity contribution >= 4 is 27.6 Å². The minimum Gasteiger partial charge on any atom is -0.377 e. The van der Waals surface area contributed by atoms with Crippen LogP contribution in [0, 0.1) is 0 Å². The summed E-state index contributed by atoms with van der Waals surface area (Å²) < 4.78 is 13.0. The second-order valence-corrected chi connectivity index (χ2v) is 7.34. The van der Waals surface area contributed by atoms with E-state index in [-0.39, 0.29) is 6.04 Å². The van der Waals surface area contributed by atoms with Gasteiger partial charge in [-0.25, -0.2) is 9.67 Å². The smallest absolute Gasteiger partial charge is 0.130 e. The molecule has 0 bridgehead atoms. The van der Waals surface area contributed by atoms with Crippen LogP contribution in [0.3, 0.4) is 0 Å². The Hall–Kier alpha value is -2.85. The Kier molecular flexibility index (Phi) is 3.87. The number of fused-ring (bicyclic) bond motifs is 1. The first-order chi connectivity index (χ1) is 13.2. The number of ether oxygens (including phenoxy) is 1. The summed E-state index contributed by atoms with van der Waals surface area (Å²) in [6.45, 7) is 4.34. The van der Waals surface area contributed by atoms with Gasteiger partial charge < -0.3 is 9.64 Å². The number of rotatable bonds is 3. The van der Waals surface area contributed by atoms with E-state index >= 15 is 0 Å². The maximum Gasteiger partial charge on any atom is 0.130 e. The quantitative estimate of drug-likeness (QED) is 0.579. The average Bonchev–Trinajstić information content (AvgIpc) is 3.41. The maximum atomic E-state index is 5.59. The molecule has 9 nitrogen and oxygen atoms in total. The Labute approximate surface area is 159 Å². The molecule has 4 aromatic heterocycles. The van der Waals surface area contributed by atoms with Gasteiger partial charge in [-0.15, -0.1) is 5.10 Å². The van der Waals surface area contributed by atoms with Crippen molar-refractivity contribution in [3.63, 3.8) is 0 Å². The van der Waals surface area contributed by atoms with E-state index in [1.54, 1.807) is 17.1 Å². The standard InChI is InChI=1S/C17H18N8OS/c1-10-9-26-6-5-25(10)14-7-11(13-8-19-23-24(13)2)17-16(20-14)15(22-27-17)12-3-4-18-21-12/h3-4,7-8,10H,5-6,9H2,1-2H3,(H,18,21). The van der Waals surface area contributed by atoms with Crippen molar-refractivity contribution in [2.24, 2.45) is 7.05 Å². The van der Waals surface area contributed by atoms with Crippen LogP contribution in [-0.4, -0.2) is 60.3 Å². The topological polar surface area (TPSA) is 97.6 Å². The number of H-pyrrole nitrogens is 1. The Morgan fingerprint density at radius 1 is 1.37 bits per heavy atom. The first-order valence-electron chi connectivity index (χ1n) is 8.72. The van der Waals surface area contributed by atoms with Crippen molar-refractivity contribution in [2.45, 2.75) is 13.0 Å². The number of hydrogen-bond donors (Lipinski definition) is 1. The molecule has 5 rings (SSSR count). The first kappa shape index (κ1) is 16.3. The second-order valence-electron chi connectivity index (χ2n) is 6.57. The first-order valence-corrected chi connectivity index (χ1v) is 9.49. The van der Waals surface area contributed by atoms with Crippen LogP contribution < -0.4 is 4.90 Å². The molecule has 1 atom stereocenters. The summed E-state index contributed by atoms with van der Waals surface area (Å²) in [6, 6.07) is 4.27. The van der Waals surface area contributed by atoms with Crippen LogP contribution in [0.2, 0.25) is 0 Å². The lowest BCUT2D eigenvalue weighted by Crippen LogP contribution is -2.44. The number of nitrogens with zero attached hydrogens (tertiary/aromatic N) is 7. The molecular weight excluding hydrogens is 364 g/mol. The Morgan fingerprint density at radius 2 is 2.30 bits per heavy atom. The molecule has 0 aliphatic carbocycles. The normalized spacial score (nSPS) is 17.7. The van der Waals surface area contributed by atoms with E-state index in [0.717, 1.165) is 45.2 Å². The van der Waals surface area contributed by atoms with Crippen molar-refractivity contribution in [3.8, 4) is 22.6 Å². The van der Waals surface area contributed by atoms with Gasteiger partial charge in [0.25, 0.3) is 0 Å². The Bertz CT molecular complexity index is 1090. The van der Waals surface area contributed by atoms with Gasteiger partial charge >= 0.3 is 0 Å². The number of aromatic nitrogens is 7. The van der Waals surface area contributed by atoms with E-state index in [0.29, 0.717) is 13.2 Å². The van der Waals surface area contributed by atoms with E-state index < -0.39 is 0 Å². The Balaban J connectivity index is 1.76. The lowest BCUT2D eigenvalue weighted by molar-refractivity contribution is 0.0986. The molecule has 27 heavy (non-hydrogen) atoms. The highest BCUT2D eigenvalue weighted by Crippen LogP contribution is 2.38. The van der Waals surface area contributed by atoms with Crippen molar-refractivity contribution < 1.29 is 4.74 Å². The number of pyridine rings is 1. The van der Waals surface area contributed by atoms with Crippen molar-refractivity contribution in [1.29, 1.82) is 0 Å². The fourth-order valence-electron chi connectivity index (χ4n) is 3.41. The zero-order chi connectivity index (χ0) is 18.4. The van der Waals surface area contributed by atoms with Gasteiger partial charge in [-0.1, -0.05) is 5.21 Å². The van der Waals surface area contributed by atoms with Crippen molar-refractivity contribution in [1.82, 2.24) is 34.5 Å². The maximum absolute atomic E-state index is 5.59. The summed E-state index contributed by atoms with van der Waals surface area (Å²) in [6.07, 6.45) is 3.50. The van der Waals surface area contributed by atoms with E-state index in [4.69, 9.17) is 9.72 Å². The van der Waals surface area contributed by atoms with E-state index in [1.807, 2.05) is 13.1 Å². The number of morpholine rings is 1. The predicted molar refractivity (Wildman–Crippen MR) is 103 cm³/mol. The highest BCUT2D eigenvalue weighted by atomic mass is 32.1. The van der Waals surface area contributed by atoms with Gasteiger partial charge in [0, 0.05) is 25.4 Å². The van der Waals surface area contributed by atoms with Gasteiger partial charge in [-0.2, -0.15) is 9.47 Å². The third kappa shape index (κ3) is 2.68. The molecular formula is C17H18N8OS. The summed E-state index contributed by atoms with van der Waals surface area (Å²) in [5.41, 5.74) is 4.49. The van der Waals surface area contributed by atoms with Gasteiger partial charge in [0.15, 0.2) is 0 Å². The summed E-state index contributed by atoms with van der Waals surface area (Å²) in [5, 5.41) is 15.2. The SMILES string of the molecule is CC1COCCN1c1cc(-c2cnnn2C)c2snc(-c3ccn[nH]3)c2n1. The molecule has 1 N–H and O–H groups in total. The molecule has 0 aromatic carbocycles. The minimum atomic E-state index is 0.253. The molecule has 0 amide bonds. The van der Waals surface area contributed by atoms with Gasteiger partial charge in [0.2, 0.25) is 0 Å². The molecule has 1 aliphatic heterocycles. The predicted octanol–water partition coefficient (Wildman–Crippen LogP) is 2.10. The molecule has 10 heteroatoms. The molecule has 1 aliphatic rings. The van der Waals surface area contributed by atoms with Crippen molar-refractivity contribution in [2.75, 3.05) is 24.7 Å². The van der Waals surface area contributed by atoms with Crippen LogP contribution in [-0.2, 0) is 11.8 Å². The zero-order valence-corrected chi connectivity index (χ0v) is 15.8. The zero-order valence-electron chi connectivity index (χ0n) is 15.0. The molecule has 0 spiro atoms. The number of aromatic amines is 1. The number of hydrogen-bond acceptors (Lipinski definition) is 8. The molecule has 1 saturated heterocycles. The summed E-state index contributed by atoms with van der Waals surface area (Å²) in [4.78, 5) is 7.27. The van der Waals surface area contributed by atoms with E-state index in [1.165, 1.54) is 11.5 Å². The van der Waals surface area contributed by atoms with Crippen LogP contribution in [0.1, 0.15) is 6.92 Å². The molecule has 1 unspecified atom stereocenters. The highest BCUT2D eigenvalue weighted by Gasteiger charge is 2.24. The van der Waals surface area contributed by atoms with E-state index in [9.17, 15) is 0 Å². The third-order valence-corrected chi connectivity index (χ3v) is 5.69. The molecule has 138 valence electrons. The van der Waals surface area contributed by atoms with Gasteiger partial charge in [0.1, 0.15) is 17.0 Å². The van der Waals surface area contributed by atoms with Crippen LogP contribution >= 0.6 is 11.5 Å². The molecule has 0 saturated carbocycles. The average molecular weight is 382 g/mol. The lowest BCUT2D eigenvalue weighted by Gasteiger charge is -2.34. The largest absolute Gasteiger partial charge is 0.377 e. The molecule has 0 radical (unpaired) electrons. The minimum absolute atomic E-state index is 0.253. The van der Waals surface area contributed by atoms with Gasteiger partial charge in [-0.05, 0) is 30.6 Å². The molecule has 4 aromatic rings. The summed E-state index contributed by atoms with van der Waals surface area (Å²) in [5.74, 6) is 0.912. The van der Waals surface area contributed by atoms with Crippen LogP contribution in [0.4, 0.5) is 5.82 Å². The monoisotopic (exact) mass is 382 g/mol.